The molecule has 4 rings (SSSR count). The lowest BCUT2D eigenvalue weighted by Gasteiger charge is -2.40. The fourth-order valence-corrected chi connectivity index (χ4v) is 5.05. The zero-order chi connectivity index (χ0) is 24.9. The first-order chi connectivity index (χ1) is 16.8. The molecule has 0 aliphatic carbocycles. The number of benzene rings is 2. The summed E-state index contributed by atoms with van der Waals surface area (Å²) in [6.07, 6.45) is 2.51. The number of nitrogens with one attached hydrogen (secondary N) is 2. The van der Waals surface area contributed by atoms with Gasteiger partial charge in [0, 0.05) is 42.3 Å². The Balaban J connectivity index is 1.36. The number of aliphatic carboxylic acids is 1. The van der Waals surface area contributed by atoms with Gasteiger partial charge in [-0.15, -0.1) is 0 Å². The molecule has 3 N–H and O–H groups in total. The standard InChI is InChI=1S/C26H31BrN4O4/c1-17-15-18(9-10-21(17)27)22(7-4-8-24(32)33)28-25(34)30-13-11-20(12-14-30)31-16-19-5-2-3-6-23(19)29-26(31)35/h2-3,5-6,9-10,15,20,22H,4,7-8,11-14,16H2,1H3,(H,28,34)(H,29,35)(H,32,33). The molecule has 2 heterocycles. The van der Waals surface area contributed by atoms with E-state index in [0.717, 1.165) is 26.9 Å². The van der Waals surface area contributed by atoms with Crippen molar-refractivity contribution in [1.29, 1.82) is 0 Å². The first-order valence-electron chi connectivity index (χ1n) is 12.0. The predicted molar refractivity (Wildman–Crippen MR) is 137 cm³/mol. The molecule has 0 aromatic heterocycles. The summed E-state index contributed by atoms with van der Waals surface area (Å²) in [6.45, 7) is 3.68. The Morgan fingerprint density at radius 1 is 1.20 bits per heavy atom. The molecule has 2 aliphatic rings. The van der Waals surface area contributed by atoms with Crippen LogP contribution in [0.25, 0.3) is 0 Å². The minimum atomic E-state index is -0.839. The second kappa shape index (κ2) is 11.1. The van der Waals surface area contributed by atoms with Gasteiger partial charge in [-0.2, -0.15) is 0 Å². The number of carbonyl (C=O) groups excluding carboxylic acids is 2. The number of anilines is 1. The first kappa shape index (κ1) is 25.0. The number of aryl methyl sites for hydroxylation is 1. The Labute approximate surface area is 213 Å². The highest BCUT2D eigenvalue weighted by atomic mass is 79.9. The fraction of sp³-hybridized carbons (Fsp3) is 0.423. The molecule has 35 heavy (non-hydrogen) atoms. The van der Waals surface area contributed by atoms with Gasteiger partial charge in [-0.05, 0) is 61.4 Å². The number of hydrogen-bond acceptors (Lipinski definition) is 3. The van der Waals surface area contributed by atoms with E-state index in [1.165, 1.54) is 0 Å². The molecular formula is C26H31BrN4O4. The van der Waals surface area contributed by atoms with Gasteiger partial charge >= 0.3 is 18.0 Å². The van der Waals surface area contributed by atoms with E-state index in [0.29, 0.717) is 45.3 Å². The molecular weight excluding hydrogens is 512 g/mol. The van der Waals surface area contributed by atoms with Crippen LogP contribution in [0.5, 0.6) is 0 Å². The summed E-state index contributed by atoms with van der Waals surface area (Å²) >= 11 is 3.51. The largest absolute Gasteiger partial charge is 0.481 e. The number of nitrogens with zero attached hydrogens (tertiary/aromatic N) is 2. The van der Waals surface area contributed by atoms with Gasteiger partial charge in [0.15, 0.2) is 0 Å². The Morgan fingerprint density at radius 3 is 2.66 bits per heavy atom. The molecule has 1 unspecified atom stereocenters. The molecule has 0 spiro atoms. The summed E-state index contributed by atoms with van der Waals surface area (Å²) in [5, 5.41) is 15.1. The predicted octanol–water partition coefficient (Wildman–Crippen LogP) is 5.28. The second-order valence-electron chi connectivity index (χ2n) is 9.23. The maximum absolute atomic E-state index is 13.1. The zero-order valence-corrected chi connectivity index (χ0v) is 21.4. The SMILES string of the molecule is Cc1cc(C(CCCC(=O)O)NC(=O)N2CCC(N3Cc4ccccc4NC3=O)CC2)ccc1Br. The summed E-state index contributed by atoms with van der Waals surface area (Å²) in [7, 11) is 0. The molecule has 2 aromatic carbocycles. The molecule has 8 nitrogen and oxygen atoms in total. The van der Waals surface area contributed by atoms with Crippen molar-refractivity contribution in [3.63, 3.8) is 0 Å². The summed E-state index contributed by atoms with van der Waals surface area (Å²) in [6, 6.07) is 13.3. The molecule has 0 saturated carbocycles. The summed E-state index contributed by atoms with van der Waals surface area (Å²) in [5.41, 5.74) is 3.98. The van der Waals surface area contributed by atoms with Crippen molar-refractivity contribution in [1.82, 2.24) is 15.1 Å². The van der Waals surface area contributed by atoms with Gasteiger partial charge in [-0.3, -0.25) is 4.79 Å². The van der Waals surface area contributed by atoms with Crippen LogP contribution in [0.3, 0.4) is 0 Å². The van der Waals surface area contributed by atoms with Crippen LogP contribution in [-0.2, 0) is 11.3 Å². The minimum absolute atomic E-state index is 0.0638. The van der Waals surface area contributed by atoms with Crippen molar-refractivity contribution in [2.75, 3.05) is 18.4 Å². The van der Waals surface area contributed by atoms with E-state index in [2.05, 4.69) is 26.6 Å². The number of carboxylic acids is 1. The average molecular weight is 543 g/mol. The first-order valence-corrected chi connectivity index (χ1v) is 12.8. The smallest absolute Gasteiger partial charge is 0.322 e. The van der Waals surface area contributed by atoms with Crippen molar-refractivity contribution in [2.24, 2.45) is 0 Å². The van der Waals surface area contributed by atoms with Crippen LogP contribution in [0.1, 0.15) is 54.8 Å². The van der Waals surface area contributed by atoms with Gasteiger partial charge in [0.25, 0.3) is 0 Å². The van der Waals surface area contributed by atoms with Crippen LogP contribution >= 0.6 is 15.9 Å². The Bertz CT molecular complexity index is 1100. The zero-order valence-electron chi connectivity index (χ0n) is 19.8. The Kier molecular flexibility index (Phi) is 7.95. The van der Waals surface area contributed by atoms with E-state index in [9.17, 15) is 14.4 Å². The number of carbonyl (C=O) groups is 3. The number of rotatable bonds is 7. The van der Waals surface area contributed by atoms with E-state index < -0.39 is 5.97 Å². The van der Waals surface area contributed by atoms with Crippen LogP contribution in [0.2, 0.25) is 0 Å². The van der Waals surface area contributed by atoms with Crippen LogP contribution in [0, 0.1) is 6.92 Å². The van der Waals surface area contributed by atoms with E-state index in [1.807, 2.05) is 54.3 Å². The van der Waals surface area contributed by atoms with Crippen LogP contribution < -0.4 is 10.6 Å². The summed E-state index contributed by atoms with van der Waals surface area (Å²) in [4.78, 5) is 40.5. The molecule has 1 fully saturated rings. The van der Waals surface area contributed by atoms with Crippen molar-refractivity contribution in [3.8, 4) is 0 Å². The molecule has 1 atom stereocenters. The van der Waals surface area contributed by atoms with Gasteiger partial charge in [-0.1, -0.05) is 46.3 Å². The molecule has 2 aliphatic heterocycles. The van der Waals surface area contributed by atoms with Crippen molar-refractivity contribution < 1.29 is 19.5 Å². The monoisotopic (exact) mass is 542 g/mol. The molecule has 0 radical (unpaired) electrons. The number of piperidine rings is 1. The third kappa shape index (κ3) is 6.14. The number of halogens is 1. The molecule has 0 bridgehead atoms. The number of likely N-dealkylation sites (tertiary alicyclic amines) is 1. The average Bonchev–Trinajstić information content (AvgIpc) is 2.84. The fourth-order valence-electron chi connectivity index (χ4n) is 4.80. The number of hydrogen-bond donors (Lipinski definition) is 3. The van der Waals surface area contributed by atoms with Crippen LogP contribution in [-0.4, -0.2) is 52.1 Å². The third-order valence-corrected chi connectivity index (χ3v) is 7.71. The van der Waals surface area contributed by atoms with Gasteiger partial charge < -0.3 is 25.5 Å². The summed E-state index contributed by atoms with van der Waals surface area (Å²) in [5.74, 6) is -0.839. The van der Waals surface area contributed by atoms with E-state index in [4.69, 9.17) is 5.11 Å². The van der Waals surface area contributed by atoms with E-state index in [1.54, 1.807) is 4.90 Å². The number of para-hydroxylation sites is 1. The lowest BCUT2D eigenvalue weighted by molar-refractivity contribution is -0.137. The number of fused-ring (bicyclic) bond motifs is 1. The third-order valence-electron chi connectivity index (χ3n) is 6.82. The van der Waals surface area contributed by atoms with E-state index in [-0.39, 0.29) is 30.6 Å². The maximum atomic E-state index is 13.1. The molecule has 4 amide bonds. The molecule has 1 saturated heterocycles. The van der Waals surface area contributed by atoms with Crippen molar-refractivity contribution in [2.45, 2.75) is 57.7 Å². The van der Waals surface area contributed by atoms with Crippen molar-refractivity contribution >= 4 is 39.6 Å². The minimum Gasteiger partial charge on any atom is -0.481 e. The normalized spacial score (nSPS) is 16.9. The lowest BCUT2D eigenvalue weighted by atomic mass is 9.99. The highest BCUT2D eigenvalue weighted by Gasteiger charge is 2.33. The maximum Gasteiger partial charge on any atom is 0.322 e. The topological polar surface area (TPSA) is 102 Å². The number of amides is 4. The van der Waals surface area contributed by atoms with Crippen molar-refractivity contribution in [3.05, 3.63) is 63.6 Å². The molecule has 186 valence electrons. The molecule has 2 aromatic rings. The van der Waals surface area contributed by atoms with Gasteiger partial charge in [0.2, 0.25) is 0 Å². The lowest BCUT2D eigenvalue weighted by Crippen LogP contribution is -2.52. The van der Waals surface area contributed by atoms with Crippen LogP contribution in [0.4, 0.5) is 15.3 Å². The quantitative estimate of drug-likeness (QED) is 0.443. The highest BCUT2D eigenvalue weighted by Crippen LogP contribution is 2.28. The summed E-state index contributed by atoms with van der Waals surface area (Å²) < 4.78 is 0.989. The van der Waals surface area contributed by atoms with Crippen LogP contribution in [0.15, 0.2) is 46.9 Å². The Morgan fingerprint density at radius 2 is 1.94 bits per heavy atom. The number of urea groups is 2. The number of carboxylic acid groups (broad SMARTS) is 1. The highest BCUT2D eigenvalue weighted by molar-refractivity contribution is 9.10. The van der Waals surface area contributed by atoms with Gasteiger partial charge in [-0.25, -0.2) is 9.59 Å². The second-order valence-corrected chi connectivity index (χ2v) is 10.1. The van der Waals surface area contributed by atoms with E-state index >= 15 is 0 Å². The molecule has 9 heteroatoms. The van der Waals surface area contributed by atoms with Gasteiger partial charge in [0.05, 0.1) is 6.04 Å². The Hall–Kier alpha value is -3.07. The van der Waals surface area contributed by atoms with Gasteiger partial charge in [0.1, 0.15) is 0 Å².